The highest BCUT2D eigenvalue weighted by Crippen LogP contribution is 2.54. The van der Waals surface area contributed by atoms with E-state index in [9.17, 15) is 13.5 Å². The van der Waals surface area contributed by atoms with Crippen LogP contribution in [0.3, 0.4) is 0 Å². The van der Waals surface area contributed by atoms with Crippen LogP contribution in [-0.4, -0.2) is 31.5 Å². The molecule has 2 fully saturated rings. The number of aliphatic hydroxyl groups is 1. The Bertz CT molecular complexity index is 415. The normalized spacial score (nSPS) is 45.6. The van der Waals surface area contributed by atoms with Crippen molar-refractivity contribution in [1.82, 2.24) is 0 Å². The number of hydrogen-bond acceptors (Lipinski definition) is 4. The zero-order valence-electron chi connectivity index (χ0n) is 11.5. The van der Waals surface area contributed by atoms with E-state index < -0.39 is 15.7 Å². The van der Waals surface area contributed by atoms with Crippen LogP contribution in [0, 0.1) is 11.3 Å². The topological polar surface area (TPSA) is 63.6 Å². The van der Waals surface area contributed by atoms with Gasteiger partial charge < -0.3 is 5.11 Å². The number of fused-ring (bicyclic) bond motifs is 1. The van der Waals surface area contributed by atoms with Crippen LogP contribution in [0.4, 0.5) is 0 Å². The Labute approximate surface area is 110 Å². The Kier molecular flexibility index (Phi) is 3.54. The lowest BCUT2D eigenvalue weighted by molar-refractivity contribution is -0.121. The Morgan fingerprint density at radius 1 is 1.22 bits per heavy atom. The summed E-state index contributed by atoms with van der Waals surface area (Å²) in [5, 5.41) is 10.3. The second-order valence-corrected chi connectivity index (χ2v) is 8.24. The molecule has 0 heterocycles. The minimum Gasteiger partial charge on any atom is -0.390 e. The van der Waals surface area contributed by atoms with Crippen LogP contribution in [0.1, 0.15) is 52.4 Å². The van der Waals surface area contributed by atoms with E-state index in [1.54, 1.807) is 0 Å². The number of rotatable bonds is 2. The van der Waals surface area contributed by atoms with Crippen LogP contribution in [0.5, 0.6) is 0 Å². The van der Waals surface area contributed by atoms with Crippen LogP contribution in [0.2, 0.25) is 0 Å². The molecule has 2 saturated carbocycles. The van der Waals surface area contributed by atoms with Gasteiger partial charge in [0.1, 0.15) is 0 Å². The molecule has 2 aliphatic carbocycles. The lowest BCUT2D eigenvalue weighted by Gasteiger charge is -2.53. The Hall–Kier alpha value is -0.130. The summed E-state index contributed by atoms with van der Waals surface area (Å²) < 4.78 is 28.1. The third-order valence-electron chi connectivity index (χ3n) is 4.77. The zero-order chi connectivity index (χ0) is 13.6. The maximum absolute atomic E-state index is 11.4. The van der Waals surface area contributed by atoms with Crippen molar-refractivity contribution in [2.75, 3.05) is 6.26 Å². The molecule has 0 spiro atoms. The van der Waals surface area contributed by atoms with Crippen molar-refractivity contribution < 1.29 is 17.7 Å². The highest BCUT2D eigenvalue weighted by molar-refractivity contribution is 7.86. The number of hydrogen-bond donors (Lipinski definition) is 1. The third-order valence-corrected chi connectivity index (χ3v) is 5.35. The summed E-state index contributed by atoms with van der Waals surface area (Å²) in [4.78, 5) is 0. The summed E-state index contributed by atoms with van der Waals surface area (Å²) in [5.74, 6) is 0.471. The van der Waals surface area contributed by atoms with E-state index in [0.717, 1.165) is 38.4 Å². The predicted molar refractivity (Wildman–Crippen MR) is 69.6 cm³/mol. The van der Waals surface area contributed by atoms with E-state index in [-0.39, 0.29) is 11.5 Å². The standard InChI is InChI=1S/C13H24O4S/c1-12(14)8-7-10-5-4-6-11(13(10,2)9-12)17-18(3,15)16/h10-11,14H,4-9H2,1-3H3/t10-,11-,12+,13-/m1/s1. The lowest BCUT2D eigenvalue weighted by atomic mass is 9.56. The molecule has 5 heteroatoms. The van der Waals surface area contributed by atoms with Gasteiger partial charge in [0.05, 0.1) is 18.0 Å². The van der Waals surface area contributed by atoms with Gasteiger partial charge in [-0.05, 0) is 44.9 Å². The molecule has 1 N–H and O–H groups in total. The molecule has 0 radical (unpaired) electrons. The molecule has 18 heavy (non-hydrogen) atoms. The van der Waals surface area contributed by atoms with Gasteiger partial charge in [-0.25, -0.2) is 0 Å². The summed E-state index contributed by atoms with van der Waals surface area (Å²) in [6, 6.07) is 0. The minimum absolute atomic E-state index is 0.219. The first-order valence-electron chi connectivity index (χ1n) is 6.73. The highest BCUT2D eigenvalue weighted by atomic mass is 32.2. The molecule has 0 aromatic rings. The Morgan fingerprint density at radius 3 is 2.50 bits per heavy atom. The fourth-order valence-corrected chi connectivity index (χ4v) is 4.71. The van der Waals surface area contributed by atoms with Gasteiger partial charge in [-0.2, -0.15) is 8.42 Å². The second-order valence-electron chi connectivity index (χ2n) is 6.64. The third kappa shape index (κ3) is 2.89. The molecule has 0 aromatic heterocycles. The zero-order valence-corrected chi connectivity index (χ0v) is 12.3. The van der Waals surface area contributed by atoms with Crippen molar-refractivity contribution in [1.29, 1.82) is 0 Å². The predicted octanol–water partition coefficient (Wildman–Crippen LogP) is 2.07. The quantitative estimate of drug-likeness (QED) is 0.784. The van der Waals surface area contributed by atoms with Crippen molar-refractivity contribution >= 4 is 10.1 Å². The molecule has 0 unspecified atom stereocenters. The van der Waals surface area contributed by atoms with Crippen LogP contribution in [0.25, 0.3) is 0 Å². The minimum atomic E-state index is -3.43. The average molecular weight is 276 g/mol. The molecule has 4 atom stereocenters. The molecule has 2 aliphatic rings. The van der Waals surface area contributed by atoms with Gasteiger partial charge in [0.15, 0.2) is 0 Å². The van der Waals surface area contributed by atoms with E-state index in [2.05, 4.69) is 6.92 Å². The van der Waals surface area contributed by atoms with Crippen molar-refractivity contribution in [3.8, 4) is 0 Å². The van der Waals surface area contributed by atoms with Crippen LogP contribution < -0.4 is 0 Å². The first kappa shape index (κ1) is 14.3. The summed E-state index contributed by atoms with van der Waals surface area (Å²) >= 11 is 0. The molecule has 0 amide bonds. The average Bonchev–Trinajstić information content (AvgIpc) is 2.16. The largest absolute Gasteiger partial charge is 0.390 e. The van der Waals surface area contributed by atoms with E-state index in [4.69, 9.17) is 4.18 Å². The lowest BCUT2D eigenvalue weighted by Crippen LogP contribution is -2.52. The van der Waals surface area contributed by atoms with Crippen molar-refractivity contribution in [3.05, 3.63) is 0 Å². The van der Waals surface area contributed by atoms with Gasteiger partial charge >= 0.3 is 0 Å². The molecule has 0 aliphatic heterocycles. The molecule has 106 valence electrons. The maximum atomic E-state index is 11.4. The molecule has 0 bridgehead atoms. The molecular weight excluding hydrogens is 252 g/mol. The Balaban J connectivity index is 2.24. The fraction of sp³-hybridized carbons (Fsp3) is 1.00. The van der Waals surface area contributed by atoms with E-state index in [1.165, 1.54) is 0 Å². The molecule has 4 nitrogen and oxygen atoms in total. The van der Waals surface area contributed by atoms with Crippen LogP contribution in [0.15, 0.2) is 0 Å². The van der Waals surface area contributed by atoms with E-state index >= 15 is 0 Å². The monoisotopic (exact) mass is 276 g/mol. The van der Waals surface area contributed by atoms with Gasteiger partial charge in [0, 0.05) is 5.41 Å². The fourth-order valence-electron chi connectivity index (χ4n) is 3.97. The van der Waals surface area contributed by atoms with Gasteiger partial charge in [-0.1, -0.05) is 13.3 Å². The van der Waals surface area contributed by atoms with Crippen LogP contribution >= 0.6 is 0 Å². The van der Waals surface area contributed by atoms with Gasteiger partial charge in [-0.15, -0.1) is 0 Å². The van der Waals surface area contributed by atoms with Crippen molar-refractivity contribution in [2.45, 2.75) is 64.1 Å². The Morgan fingerprint density at radius 2 is 1.89 bits per heavy atom. The smallest absolute Gasteiger partial charge is 0.264 e. The molecule has 2 rings (SSSR count). The maximum Gasteiger partial charge on any atom is 0.264 e. The first-order valence-corrected chi connectivity index (χ1v) is 8.55. The van der Waals surface area contributed by atoms with Crippen molar-refractivity contribution in [3.63, 3.8) is 0 Å². The van der Waals surface area contributed by atoms with Gasteiger partial charge in [0.25, 0.3) is 10.1 Å². The molecule has 0 aromatic carbocycles. The molecular formula is C13H24O4S. The van der Waals surface area contributed by atoms with Crippen LogP contribution in [-0.2, 0) is 14.3 Å². The highest BCUT2D eigenvalue weighted by Gasteiger charge is 2.52. The van der Waals surface area contributed by atoms with Gasteiger partial charge in [0.2, 0.25) is 0 Å². The summed E-state index contributed by atoms with van der Waals surface area (Å²) in [7, 11) is -3.43. The second kappa shape index (κ2) is 4.46. The van der Waals surface area contributed by atoms with Crippen molar-refractivity contribution in [2.24, 2.45) is 11.3 Å². The van der Waals surface area contributed by atoms with Gasteiger partial charge in [-0.3, -0.25) is 4.18 Å². The summed E-state index contributed by atoms with van der Waals surface area (Å²) in [5.41, 5.74) is -0.912. The SMILES string of the molecule is C[C@]1(O)CC[C@H]2CCC[C@@H](OS(C)(=O)=O)[C@]2(C)C1. The first-order chi connectivity index (χ1) is 8.12. The molecule has 0 saturated heterocycles. The summed E-state index contributed by atoms with van der Waals surface area (Å²) in [6.07, 6.45) is 6.14. The van der Waals surface area contributed by atoms with E-state index in [1.807, 2.05) is 6.92 Å². The van der Waals surface area contributed by atoms with E-state index in [0.29, 0.717) is 12.3 Å². The summed E-state index contributed by atoms with van der Waals surface area (Å²) in [6.45, 7) is 3.93.